The molecule has 1 saturated heterocycles. The Bertz CT molecular complexity index is 734. The molecule has 2 aromatic rings. The number of phenols is 1. The standard InChI is InChI=1S/C23H29NO3/c1-27-21-11-8-18(9-12-21)6-7-19-14-16-24(17-15-19)23(26)13-10-20-4-2-3-5-22(20)25/h2-5,8-9,11-12,19,25H,6-7,10,13-17H2,1H3. The molecule has 2 aromatic carbocycles. The Morgan fingerprint density at radius 3 is 2.44 bits per heavy atom. The highest BCUT2D eigenvalue weighted by Gasteiger charge is 2.22. The Hall–Kier alpha value is -2.49. The van der Waals surface area contributed by atoms with Crippen molar-refractivity contribution in [3.05, 3.63) is 59.7 Å². The van der Waals surface area contributed by atoms with Crippen LogP contribution in [0.4, 0.5) is 0 Å². The molecule has 1 amide bonds. The zero-order valence-electron chi connectivity index (χ0n) is 16.1. The second-order valence-electron chi connectivity index (χ2n) is 7.34. The minimum absolute atomic E-state index is 0.201. The van der Waals surface area contributed by atoms with Crippen LogP contribution in [0.3, 0.4) is 0 Å². The van der Waals surface area contributed by atoms with E-state index in [1.54, 1.807) is 19.2 Å². The summed E-state index contributed by atoms with van der Waals surface area (Å²) < 4.78 is 5.20. The molecule has 4 nitrogen and oxygen atoms in total. The molecule has 0 spiro atoms. The second kappa shape index (κ2) is 9.45. The van der Waals surface area contributed by atoms with Crippen LogP contribution in [0.1, 0.15) is 36.8 Å². The van der Waals surface area contributed by atoms with Crippen LogP contribution in [0.15, 0.2) is 48.5 Å². The van der Waals surface area contributed by atoms with Crippen LogP contribution in [-0.4, -0.2) is 36.1 Å². The van der Waals surface area contributed by atoms with E-state index in [1.165, 1.54) is 12.0 Å². The zero-order valence-corrected chi connectivity index (χ0v) is 16.1. The molecule has 0 atom stereocenters. The SMILES string of the molecule is COc1ccc(CCC2CCN(C(=O)CCc3ccccc3O)CC2)cc1. The van der Waals surface area contributed by atoms with Crippen molar-refractivity contribution in [2.24, 2.45) is 5.92 Å². The van der Waals surface area contributed by atoms with Gasteiger partial charge in [-0.1, -0.05) is 30.3 Å². The van der Waals surface area contributed by atoms with Crippen LogP contribution >= 0.6 is 0 Å². The molecule has 1 aliphatic heterocycles. The fourth-order valence-electron chi connectivity index (χ4n) is 3.76. The topological polar surface area (TPSA) is 49.8 Å². The summed E-state index contributed by atoms with van der Waals surface area (Å²) in [6, 6.07) is 15.6. The third-order valence-corrected chi connectivity index (χ3v) is 5.57. The summed E-state index contributed by atoms with van der Waals surface area (Å²) in [5.74, 6) is 2.07. The number of ether oxygens (including phenoxy) is 1. The average molecular weight is 367 g/mol. The predicted molar refractivity (Wildman–Crippen MR) is 107 cm³/mol. The van der Waals surface area contributed by atoms with Gasteiger partial charge in [-0.3, -0.25) is 4.79 Å². The van der Waals surface area contributed by atoms with Gasteiger partial charge in [-0.2, -0.15) is 0 Å². The summed E-state index contributed by atoms with van der Waals surface area (Å²) in [5, 5.41) is 9.82. The highest BCUT2D eigenvalue weighted by atomic mass is 16.5. The number of hydrogen-bond acceptors (Lipinski definition) is 3. The molecule has 1 heterocycles. The fourth-order valence-corrected chi connectivity index (χ4v) is 3.76. The molecule has 144 valence electrons. The molecule has 0 saturated carbocycles. The number of carbonyl (C=O) groups is 1. The van der Waals surface area contributed by atoms with Crippen LogP contribution in [0.25, 0.3) is 0 Å². The maximum atomic E-state index is 12.5. The minimum atomic E-state index is 0.201. The second-order valence-corrected chi connectivity index (χ2v) is 7.34. The van der Waals surface area contributed by atoms with Gasteiger partial charge in [0.25, 0.3) is 0 Å². The minimum Gasteiger partial charge on any atom is -0.508 e. The molecule has 0 bridgehead atoms. The van der Waals surface area contributed by atoms with Gasteiger partial charge in [-0.15, -0.1) is 0 Å². The number of amides is 1. The third-order valence-electron chi connectivity index (χ3n) is 5.57. The number of benzene rings is 2. The molecule has 0 aliphatic carbocycles. The van der Waals surface area contributed by atoms with Crippen molar-refractivity contribution in [3.63, 3.8) is 0 Å². The maximum absolute atomic E-state index is 12.5. The zero-order chi connectivity index (χ0) is 19.1. The first-order chi connectivity index (χ1) is 13.2. The number of rotatable bonds is 7. The molecule has 1 N–H and O–H groups in total. The molecule has 4 heteroatoms. The van der Waals surface area contributed by atoms with Crippen LogP contribution in [0, 0.1) is 5.92 Å². The van der Waals surface area contributed by atoms with E-state index < -0.39 is 0 Å². The van der Waals surface area contributed by atoms with Gasteiger partial charge < -0.3 is 14.7 Å². The van der Waals surface area contributed by atoms with Gasteiger partial charge >= 0.3 is 0 Å². The lowest BCUT2D eigenvalue weighted by Gasteiger charge is -2.32. The van der Waals surface area contributed by atoms with E-state index in [2.05, 4.69) is 12.1 Å². The van der Waals surface area contributed by atoms with E-state index in [0.717, 1.165) is 43.7 Å². The molecule has 1 fully saturated rings. The maximum Gasteiger partial charge on any atom is 0.222 e. The van der Waals surface area contributed by atoms with Crippen LogP contribution in [-0.2, 0) is 17.6 Å². The number of phenolic OH excluding ortho intramolecular Hbond substituents is 1. The summed E-state index contributed by atoms with van der Waals surface area (Å²) in [4.78, 5) is 14.5. The lowest BCUT2D eigenvalue weighted by atomic mass is 9.90. The molecule has 3 rings (SSSR count). The third kappa shape index (κ3) is 5.49. The van der Waals surface area contributed by atoms with E-state index in [4.69, 9.17) is 4.74 Å². The van der Waals surface area contributed by atoms with E-state index in [9.17, 15) is 9.90 Å². The normalized spacial score (nSPS) is 14.9. The van der Waals surface area contributed by atoms with Crippen LogP contribution in [0.2, 0.25) is 0 Å². The van der Waals surface area contributed by atoms with Crippen molar-refractivity contribution in [2.75, 3.05) is 20.2 Å². The molecular formula is C23H29NO3. The van der Waals surface area contributed by atoms with E-state index in [-0.39, 0.29) is 11.7 Å². The van der Waals surface area contributed by atoms with Gasteiger partial charge in [0.1, 0.15) is 11.5 Å². The van der Waals surface area contributed by atoms with Crippen molar-refractivity contribution >= 4 is 5.91 Å². The van der Waals surface area contributed by atoms with Crippen molar-refractivity contribution in [2.45, 2.75) is 38.5 Å². The Labute approximate surface area is 161 Å². The number of piperidine rings is 1. The molecule has 0 radical (unpaired) electrons. The number of likely N-dealkylation sites (tertiary alicyclic amines) is 1. The predicted octanol–water partition coefficient (Wildman–Crippen LogP) is 4.20. The van der Waals surface area contributed by atoms with Crippen molar-refractivity contribution < 1.29 is 14.6 Å². The smallest absolute Gasteiger partial charge is 0.222 e. The number of nitrogens with zero attached hydrogens (tertiary/aromatic N) is 1. The number of aryl methyl sites for hydroxylation is 2. The largest absolute Gasteiger partial charge is 0.508 e. The van der Waals surface area contributed by atoms with Gasteiger partial charge in [0, 0.05) is 19.5 Å². The highest BCUT2D eigenvalue weighted by molar-refractivity contribution is 5.76. The average Bonchev–Trinajstić information content (AvgIpc) is 2.72. The Kier molecular flexibility index (Phi) is 6.74. The van der Waals surface area contributed by atoms with Crippen LogP contribution in [0.5, 0.6) is 11.5 Å². The Morgan fingerprint density at radius 2 is 1.78 bits per heavy atom. The molecule has 0 aromatic heterocycles. The molecule has 0 unspecified atom stereocenters. The van der Waals surface area contributed by atoms with Crippen molar-refractivity contribution in [3.8, 4) is 11.5 Å². The van der Waals surface area contributed by atoms with E-state index in [0.29, 0.717) is 18.8 Å². The van der Waals surface area contributed by atoms with Crippen molar-refractivity contribution in [1.82, 2.24) is 4.90 Å². The van der Waals surface area contributed by atoms with E-state index in [1.807, 2.05) is 29.2 Å². The number of para-hydroxylation sites is 1. The summed E-state index contributed by atoms with van der Waals surface area (Å²) in [7, 11) is 1.69. The number of aromatic hydroxyl groups is 1. The number of carbonyl (C=O) groups excluding carboxylic acids is 1. The molecule has 27 heavy (non-hydrogen) atoms. The van der Waals surface area contributed by atoms with Gasteiger partial charge in [0.05, 0.1) is 7.11 Å². The van der Waals surface area contributed by atoms with Gasteiger partial charge in [0.15, 0.2) is 0 Å². The number of hydrogen-bond donors (Lipinski definition) is 1. The number of methoxy groups -OCH3 is 1. The van der Waals surface area contributed by atoms with Crippen molar-refractivity contribution in [1.29, 1.82) is 0 Å². The summed E-state index contributed by atoms with van der Waals surface area (Å²) in [6.07, 6.45) is 5.48. The first-order valence-corrected chi connectivity index (χ1v) is 9.83. The van der Waals surface area contributed by atoms with E-state index >= 15 is 0 Å². The monoisotopic (exact) mass is 367 g/mol. The molecular weight excluding hydrogens is 338 g/mol. The Morgan fingerprint density at radius 1 is 1.07 bits per heavy atom. The van der Waals surface area contributed by atoms with Crippen LogP contribution < -0.4 is 4.74 Å². The lowest BCUT2D eigenvalue weighted by molar-refractivity contribution is -0.132. The highest BCUT2D eigenvalue weighted by Crippen LogP contribution is 2.24. The van der Waals surface area contributed by atoms with Gasteiger partial charge in [0.2, 0.25) is 5.91 Å². The lowest BCUT2D eigenvalue weighted by Crippen LogP contribution is -2.38. The first-order valence-electron chi connectivity index (χ1n) is 9.83. The van der Waals surface area contributed by atoms with Gasteiger partial charge in [-0.05, 0) is 67.3 Å². The first kappa shape index (κ1) is 19.3. The summed E-state index contributed by atoms with van der Waals surface area (Å²) in [6.45, 7) is 1.71. The summed E-state index contributed by atoms with van der Waals surface area (Å²) >= 11 is 0. The summed E-state index contributed by atoms with van der Waals surface area (Å²) in [5.41, 5.74) is 2.19. The fraction of sp³-hybridized carbons (Fsp3) is 0.435. The Balaban J connectivity index is 1.39. The van der Waals surface area contributed by atoms with Gasteiger partial charge in [-0.25, -0.2) is 0 Å². The quantitative estimate of drug-likeness (QED) is 0.798. The molecule has 1 aliphatic rings.